The van der Waals surface area contributed by atoms with Gasteiger partial charge in [-0.1, -0.05) is 12.2 Å². The Morgan fingerprint density at radius 3 is 2.37 bits per heavy atom. The summed E-state index contributed by atoms with van der Waals surface area (Å²) in [4.78, 5) is 13.6. The summed E-state index contributed by atoms with van der Waals surface area (Å²) in [5.74, 6) is 1.26. The molecule has 0 spiro atoms. The molecule has 0 saturated carbocycles. The summed E-state index contributed by atoms with van der Waals surface area (Å²) in [7, 11) is 3.14. The first kappa shape index (κ1) is 13.0. The molecule has 100 valence electrons. The third-order valence-electron chi connectivity index (χ3n) is 2.68. The number of allylic oxidation sites excluding steroid dienone is 2. The van der Waals surface area contributed by atoms with Crippen molar-refractivity contribution in [1.29, 1.82) is 0 Å². The van der Waals surface area contributed by atoms with Crippen molar-refractivity contribution in [3.05, 3.63) is 42.6 Å². The van der Waals surface area contributed by atoms with Gasteiger partial charge >= 0.3 is 6.03 Å². The second kappa shape index (κ2) is 5.95. The van der Waals surface area contributed by atoms with E-state index in [1.807, 2.05) is 18.2 Å². The first-order valence-corrected chi connectivity index (χ1v) is 5.87. The number of amides is 2. The maximum atomic E-state index is 12.0. The number of nitrogens with zero attached hydrogens (tertiary/aromatic N) is 1. The highest BCUT2D eigenvalue weighted by atomic mass is 16.5. The van der Waals surface area contributed by atoms with Crippen LogP contribution in [0.5, 0.6) is 11.5 Å². The zero-order chi connectivity index (χ0) is 13.7. The topological polar surface area (TPSA) is 50.8 Å². The molecular formula is C14H16N2O3. The summed E-state index contributed by atoms with van der Waals surface area (Å²) >= 11 is 0. The molecule has 0 atom stereocenters. The molecule has 1 heterocycles. The van der Waals surface area contributed by atoms with Crippen molar-refractivity contribution in [2.24, 2.45) is 0 Å². The number of urea groups is 1. The number of hydrogen-bond acceptors (Lipinski definition) is 3. The van der Waals surface area contributed by atoms with Crippen molar-refractivity contribution in [2.75, 3.05) is 26.1 Å². The van der Waals surface area contributed by atoms with Gasteiger partial charge in [0.15, 0.2) is 0 Å². The van der Waals surface area contributed by atoms with E-state index in [-0.39, 0.29) is 6.03 Å². The van der Waals surface area contributed by atoms with E-state index in [4.69, 9.17) is 9.47 Å². The molecule has 0 unspecified atom stereocenters. The molecular weight excluding hydrogens is 244 g/mol. The van der Waals surface area contributed by atoms with Gasteiger partial charge in [0.2, 0.25) is 0 Å². The summed E-state index contributed by atoms with van der Waals surface area (Å²) in [5, 5.41) is 2.80. The fourth-order valence-corrected chi connectivity index (χ4v) is 1.69. The number of ether oxygens (including phenoxy) is 2. The average Bonchev–Trinajstić information content (AvgIpc) is 2.47. The molecule has 0 fully saturated rings. The Bertz CT molecular complexity index is 501. The third kappa shape index (κ3) is 3.28. The van der Waals surface area contributed by atoms with Crippen LogP contribution in [0.3, 0.4) is 0 Å². The lowest BCUT2D eigenvalue weighted by Crippen LogP contribution is -2.31. The van der Waals surface area contributed by atoms with Gasteiger partial charge in [0.25, 0.3) is 0 Å². The minimum Gasteiger partial charge on any atom is -0.497 e. The van der Waals surface area contributed by atoms with Crippen LogP contribution in [0.4, 0.5) is 10.5 Å². The second-order valence-electron chi connectivity index (χ2n) is 3.95. The lowest BCUT2D eigenvalue weighted by Gasteiger charge is -2.19. The summed E-state index contributed by atoms with van der Waals surface area (Å²) in [6, 6.07) is 5.03. The maximum Gasteiger partial charge on any atom is 0.326 e. The van der Waals surface area contributed by atoms with Crippen molar-refractivity contribution in [3.63, 3.8) is 0 Å². The average molecular weight is 260 g/mol. The molecule has 0 saturated heterocycles. The smallest absolute Gasteiger partial charge is 0.326 e. The van der Waals surface area contributed by atoms with Gasteiger partial charge in [-0.05, 0) is 6.08 Å². The predicted molar refractivity (Wildman–Crippen MR) is 73.6 cm³/mol. The molecule has 1 aliphatic rings. The van der Waals surface area contributed by atoms with Crippen LogP contribution < -0.4 is 14.8 Å². The number of carbonyl (C=O) groups is 1. The first-order valence-electron chi connectivity index (χ1n) is 5.87. The van der Waals surface area contributed by atoms with E-state index < -0.39 is 0 Å². The Labute approximate surface area is 112 Å². The SMILES string of the molecule is COc1cc(NC(=O)N2C=CC=CC2)cc(OC)c1. The van der Waals surface area contributed by atoms with Crippen molar-refractivity contribution < 1.29 is 14.3 Å². The molecule has 5 nitrogen and oxygen atoms in total. The molecule has 1 aromatic rings. The number of anilines is 1. The first-order chi connectivity index (χ1) is 9.22. The monoisotopic (exact) mass is 260 g/mol. The van der Waals surface area contributed by atoms with E-state index in [9.17, 15) is 4.79 Å². The minimum atomic E-state index is -0.198. The van der Waals surface area contributed by atoms with Gasteiger partial charge in [-0.2, -0.15) is 0 Å². The number of hydrogen-bond donors (Lipinski definition) is 1. The van der Waals surface area contributed by atoms with Crippen LogP contribution in [-0.2, 0) is 0 Å². The van der Waals surface area contributed by atoms with Gasteiger partial charge in [0.1, 0.15) is 11.5 Å². The van der Waals surface area contributed by atoms with Crippen molar-refractivity contribution in [1.82, 2.24) is 4.90 Å². The third-order valence-corrected chi connectivity index (χ3v) is 2.68. The van der Waals surface area contributed by atoms with E-state index >= 15 is 0 Å². The van der Waals surface area contributed by atoms with Crippen LogP contribution in [0, 0.1) is 0 Å². The Hall–Kier alpha value is -2.43. The van der Waals surface area contributed by atoms with Crippen LogP contribution in [0.2, 0.25) is 0 Å². The Morgan fingerprint density at radius 2 is 1.84 bits per heavy atom. The lowest BCUT2D eigenvalue weighted by atomic mass is 10.2. The summed E-state index contributed by atoms with van der Waals surface area (Å²) < 4.78 is 10.3. The Morgan fingerprint density at radius 1 is 1.16 bits per heavy atom. The fourth-order valence-electron chi connectivity index (χ4n) is 1.69. The minimum absolute atomic E-state index is 0.198. The molecule has 5 heteroatoms. The van der Waals surface area contributed by atoms with Crippen LogP contribution in [-0.4, -0.2) is 31.7 Å². The second-order valence-corrected chi connectivity index (χ2v) is 3.95. The molecule has 1 aliphatic heterocycles. The van der Waals surface area contributed by atoms with Crippen molar-refractivity contribution >= 4 is 11.7 Å². The van der Waals surface area contributed by atoms with Crippen molar-refractivity contribution in [3.8, 4) is 11.5 Å². The highest BCUT2D eigenvalue weighted by molar-refractivity contribution is 5.90. The zero-order valence-corrected chi connectivity index (χ0v) is 10.9. The van der Waals surface area contributed by atoms with Crippen molar-refractivity contribution in [2.45, 2.75) is 0 Å². The van der Waals surface area contributed by atoms with Crippen LogP contribution in [0.15, 0.2) is 42.6 Å². The lowest BCUT2D eigenvalue weighted by molar-refractivity contribution is 0.231. The van der Waals surface area contributed by atoms with E-state index in [0.29, 0.717) is 23.7 Å². The summed E-state index contributed by atoms with van der Waals surface area (Å²) in [5.41, 5.74) is 0.629. The van der Waals surface area contributed by atoms with E-state index in [2.05, 4.69) is 5.32 Å². The predicted octanol–water partition coefficient (Wildman–Crippen LogP) is 2.62. The molecule has 0 bridgehead atoms. The number of methoxy groups -OCH3 is 2. The number of rotatable bonds is 3. The molecule has 1 aromatic carbocycles. The fraction of sp³-hybridized carbons (Fsp3) is 0.214. The normalized spacial score (nSPS) is 13.3. The zero-order valence-electron chi connectivity index (χ0n) is 10.9. The van der Waals surface area contributed by atoms with Gasteiger partial charge in [0, 0.05) is 36.6 Å². The van der Waals surface area contributed by atoms with Crippen LogP contribution in [0.1, 0.15) is 0 Å². The highest BCUT2D eigenvalue weighted by Gasteiger charge is 2.12. The molecule has 0 aliphatic carbocycles. The number of benzene rings is 1. The standard InChI is InChI=1S/C14H16N2O3/c1-18-12-8-11(9-13(10-12)19-2)15-14(17)16-6-4-3-5-7-16/h3-6,8-10H,7H2,1-2H3,(H,15,17). The summed E-state index contributed by atoms with van der Waals surface area (Å²) in [6.07, 6.45) is 7.35. The molecule has 2 rings (SSSR count). The van der Waals surface area contributed by atoms with Crippen LogP contribution >= 0.6 is 0 Å². The molecule has 0 radical (unpaired) electrons. The Balaban J connectivity index is 2.11. The molecule has 19 heavy (non-hydrogen) atoms. The number of nitrogens with one attached hydrogen (secondary N) is 1. The van der Waals surface area contributed by atoms with Gasteiger partial charge in [0.05, 0.1) is 14.2 Å². The largest absolute Gasteiger partial charge is 0.497 e. The van der Waals surface area contributed by atoms with E-state index in [1.54, 1.807) is 43.5 Å². The molecule has 2 amide bonds. The quantitative estimate of drug-likeness (QED) is 0.908. The number of carbonyl (C=O) groups excluding carboxylic acids is 1. The summed E-state index contributed by atoms with van der Waals surface area (Å²) in [6.45, 7) is 0.559. The molecule has 0 aromatic heterocycles. The van der Waals surface area contributed by atoms with Gasteiger partial charge in [-0.15, -0.1) is 0 Å². The van der Waals surface area contributed by atoms with E-state index in [1.165, 1.54) is 0 Å². The van der Waals surface area contributed by atoms with Gasteiger partial charge < -0.3 is 14.8 Å². The Kier molecular flexibility index (Phi) is 4.07. The van der Waals surface area contributed by atoms with Gasteiger partial charge in [-0.25, -0.2) is 4.79 Å². The maximum absolute atomic E-state index is 12.0. The van der Waals surface area contributed by atoms with E-state index in [0.717, 1.165) is 0 Å². The van der Waals surface area contributed by atoms with Gasteiger partial charge in [-0.3, -0.25) is 4.90 Å². The highest BCUT2D eigenvalue weighted by Crippen LogP contribution is 2.26. The van der Waals surface area contributed by atoms with Crippen LogP contribution in [0.25, 0.3) is 0 Å². The molecule has 1 N–H and O–H groups in total.